The van der Waals surface area contributed by atoms with Crippen molar-refractivity contribution in [3.8, 4) is 0 Å². The van der Waals surface area contributed by atoms with Gasteiger partial charge in [0, 0.05) is 0 Å². The number of thioether (sulfide) groups is 1. The van der Waals surface area contributed by atoms with Gasteiger partial charge in [-0.2, -0.15) is 0 Å². The van der Waals surface area contributed by atoms with E-state index in [4.69, 9.17) is 9.62 Å². The van der Waals surface area contributed by atoms with Gasteiger partial charge in [0.1, 0.15) is 0 Å². The minimum atomic E-state index is 0.491. The second-order valence-corrected chi connectivity index (χ2v) is 2.38. The van der Waals surface area contributed by atoms with Crippen molar-refractivity contribution >= 4 is 16.8 Å². The lowest BCUT2D eigenvalue weighted by atomic mass is 10.5. The molecule has 1 aromatic rings. The fourth-order valence-electron chi connectivity index (χ4n) is 0.591. The van der Waals surface area contributed by atoms with E-state index in [9.17, 15) is 0 Å². The molecule has 10 heavy (non-hydrogen) atoms. The lowest BCUT2D eigenvalue weighted by Gasteiger charge is -1.91. The Morgan fingerprint density at radius 3 is 3.00 bits per heavy atom. The maximum absolute atomic E-state index is 8.40. The molecular formula is C6H7NO2S. The normalized spacial score (nSPS) is 11.9. The molecular weight excluding hydrogens is 150 g/mol. The molecule has 0 aliphatic carbocycles. The van der Waals surface area contributed by atoms with Crippen LogP contribution in [-0.4, -0.2) is 16.5 Å². The molecule has 0 atom stereocenters. The molecule has 0 aliphatic rings. The summed E-state index contributed by atoms with van der Waals surface area (Å²) in [6.07, 6.45) is 3.36. The maximum Gasteiger partial charge on any atom is 0.178 e. The summed E-state index contributed by atoms with van der Waals surface area (Å²) >= 11 is 1.33. The van der Waals surface area contributed by atoms with E-state index in [2.05, 4.69) is 5.16 Å². The SMILES string of the molecule is CSC(=NO)c1ccco1. The maximum atomic E-state index is 8.40. The van der Waals surface area contributed by atoms with Crippen LogP contribution in [0.5, 0.6) is 0 Å². The summed E-state index contributed by atoms with van der Waals surface area (Å²) in [6, 6.07) is 3.49. The van der Waals surface area contributed by atoms with Crippen LogP contribution in [-0.2, 0) is 0 Å². The zero-order valence-corrected chi connectivity index (χ0v) is 6.26. The van der Waals surface area contributed by atoms with Crippen LogP contribution >= 0.6 is 11.8 Å². The van der Waals surface area contributed by atoms with Crippen LogP contribution in [0.3, 0.4) is 0 Å². The largest absolute Gasteiger partial charge is 0.462 e. The molecule has 0 bridgehead atoms. The average molecular weight is 157 g/mol. The third-order valence-corrected chi connectivity index (χ3v) is 1.69. The van der Waals surface area contributed by atoms with Crippen molar-refractivity contribution in [2.24, 2.45) is 5.16 Å². The summed E-state index contributed by atoms with van der Waals surface area (Å²) in [5, 5.41) is 11.9. The summed E-state index contributed by atoms with van der Waals surface area (Å²) in [5.41, 5.74) is 0. The van der Waals surface area contributed by atoms with Crippen LogP contribution < -0.4 is 0 Å². The first-order valence-electron chi connectivity index (χ1n) is 2.68. The fraction of sp³-hybridized carbons (Fsp3) is 0.167. The first-order valence-corrected chi connectivity index (χ1v) is 3.91. The predicted molar refractivity (Wildman–Crippen MR) is 40.5 cm³/mol. The van der Waals surface area contributed by atoms with Gasteiger partial charge in [-0.3, -0.25) is 0 Å². The number of furan rings is 1. The molecule has 4 heteroatoms. The van der Waals surface area contributed by atoms with E-state index in [0.29, 0.717) is 10.8 Å². The minimum absolute atomic E-state index is 0.491. The van der Waals surface area contributed by atoms with Crippen molar-refractivity contribution in [1.82, 2.24) is 0 Å². The van der Waals surface area contributed by atoms with Crippen LogP contribution in [0.2, 0.25) is 0 Å². The zero-order chi connectivity index (χ0) is 7.40. The van der Waals surface area contributed by atoms with Crippen LogP contribution in [0.1, 0.15) is 5.76 Å². The molecule has 0 spiro atoms. The van der Waals surface area contributed by atoms with E-state index < -0.39 is 0 Å². The predicted octanol–water partition coefficient (Wildman–Crippen LogP) is 1.78. The van der Waals surface area contributed by atoms with Crippen molar-refractivity contribution in [2.75, 3.05) is 6.26 Å². The van der Waals surface area contributed by atoms with Crippen molar-refractivity contribution < 1.29 is 9.62 Å². The van der Waals surface area contributed by atoms with Gasteiger partial charge in [0.15, 0.2) is 10.8 Å². The second-order valence-electron chi connectivity index (χ2n) is 1.59. The molecule has 0 saturated carbocycles. The molecule has 3 nitrogen and oxygen atoms in total. The molecule has 1 rings (SSSR count). The zero-order valence-electron chi connectivity index (χ0n) is 5.44. The average Bonchev–Trinajstić information content (AvgIpc) is 2.43. The van der Waals surface area contributed by atoms with Gasteiger partial charge >= 0.3 is 0 Å². The van der Waals surface area contributed by atoms with Crippen LogP contribution in [0, 0.1) is 0 Å². The molecule has 0 fully saturated rings. The second kappa shape index (κ2) is 3.31. The number of nitrogens with zero attached hydrogens (tertiary/aromatic N) is 1. The van der Waals surface area contributed by atoms with Gasteiger partial charge in [0.25, 0.3) is 0 Å². The number of hydrogen-bond acceptors (Lipinski definition) is 4. The molecule has 0 radical (unpaired) electrons. The Morgan fingerprint density at radius 2 is 2.60 bits per heavy atom. The van der Waals surface area contributed by atoms with E-state index in [1.54, 1.807) is 12.1 Å². The lowest BCUT2D eigenvalue weighted by molar-refractivity contribution is 0.320. The molecule has 0 amide bonds. The van der Waals surface area contributed by atoms with E-state index in [1.807, 2.05) is 6.26 Å². The van der Waals surface area contributed by atoms with Gasteiger partial charge in [-0.15, -0.1) is 11.8 Å². The van der Waals surface area contributed by atoms with Gasteiger partial charge < -0.3 is 9.62 Å². The molecule has 0 aliphatic heterocycles. The minimum Gasteiger partial charge on any atom is -0.462 e. The number of rotatable bonds is 1. The standard InChI is InChI=1S/C6H7NO2S/c1-10-6(7-8)5-3-2-4-9-5/h2-4,8H,1H3. The highest BCUT2D eigenvalue weighted by Gasteiger charge is 2.03. The van der Waals surface area contributed by atoms with E-state index in [-0.39, 0.29) is 0 Å². The molecule has 0 unspecified atom stereocenters. The Labute approximate surface area is 62.7 Å². The molecule has 0 saturated heterocycles. The highest BCUT2D eigenvalue weighted by Crippen LogP contribution is 2.10. The van der Waals surface area contributed by atoms with E-state index in [0.717, 1.165) is 0 Å². The van der Waals surface area contributed by atoms with Crippen molar-refractivity contribution in [2.45, 2.75) is 0 Å². The third-order valence-electron chi connectivity index (χ3n) is 1.02. The first-order chi connectivity index (χ1) is 4.88. The molecule has 54 valence electrons. The quantitative estimate of drug-likeness (QED) is 0.292. The Kier molecular flexibility index (Phi) is 2.39. The van der Waals surface area contributed by atoms with E-state index >= 15 is 0 Å². The molecule has 1 N–H and O–H groups in total. The van der Waals surface area contributed by atoms with Crippen LogP contribution in [0.4, 0.5) is 0 Å². The summed E-state index contributed by atoms with van der Waals surface area (Å²) in [6.45, 7) is 0. The highest BCUT2D eigenvalue weighted by atomic mass is 32.2. The smallest absolute Gasteiger partial charge is 0.178 e. The summed E-state index contributed by atoms with van der Waals surface area (Å²) in [4.78, 5) is 0. The highest BCUT2D eigenvalue weighted by molar-refractivity contribution is 8.13. The van der Waals surface area contributed by atoms with Crippen LogP contribution in [0.15, 0.2) is 28.0 Å². The van der Waals surface area contributed by atoms with Crippen LogP contribution in [0.25, 0.3) is 0 Å². The molecule has 1 aromatic heterocycles. The third kappa shape index (κ3) is 1.33. The summed E-state index contributed by atoms with van der Waals surface area (Å²) < 4.78 is 4.97. The number of hydrogen-bond donors (Lipinski definition) is 1. The topological polar surface area (TPSA) is 45.7 Å². The Balaban J connectivity index is 2.85. The van der Waals surface area contributed by atoms with Gasteiger partial charge in [-0.25, -0.2) is 0 Å². The molecule has 1 heterocycles. The van der Waals surface area contributed by atoms with Gasteiger partial charge in [0.05, 0.1) is 6.26 Å². The van der Waals surface area contributed by atoms with Crippen molar-refractivity contribution in [1.29, 1.82) is 0 Å². The van der Waals surface area contributed by atoms with Crippen molar-refractivity contribution in [3.05, 3.63) is 24.2 Å². The molecule has 0 aromatic carbocycles. The Bertz CT molecular complexity index is 218. The van der Waals surface area contributed by atoms with Gasteiger partial charge in [-0.05, 0) is 18.4 Å². The summed E-state index contributed by atoms with van der Waals surface area (Å²) in [7, 11) is 0. The Hall–Kier alpha value is -0.900. The van der Waals surface area contributed by atoms with Gasteiger partial charge in [-0.1, -0.05) is 5.16 Å². The Morgan fingerprint density at radius 1 is 1.80 bits per heavy atom. The van der Waals surface area contributed by atoms with E-state index in [1.165, 1.54) is 18.0 Å². The monoisotopic (exact) mass is 157 g/mol. The summed E-state index contributed by atoms with van der Waals surface area (Å²) in [5.74, 6) is 0.593. The first kappa shape index (κ1) is 7.21. The lowest BCUT2D eigenvalue weighted by Crippen LogP contribution is -1.90. The van der Waals surface area contributed by atoms with Crippen molar-refractivity contribution in [3.63, 3.8) is 0 Å². The fourth-order valence-corrected chi connectivity index (χ4v) is 0.990. The number of oxime groups is 1. The van der Waals surface area contributed by atoms with Gasteiger partial charge in [0.2, 0.25) is 0 Å².